The van der Waals surface area contributed by atoms with Gasteiger partial charge in [-0.2, -0.15) is 4.57 Å². The molecule has 40 heavy (non-hydrogen) atoms. The van der Waals surface area contributed by atoms with Crippen LogP contribution in [0.3, 0.4) is 0 Å². The smallest absolute Gasteiger partial charge is 0.436 e. The number of imidazole rings is 1. The highest BCUT2D eigenvalue weighted by Crippen LogP contribution is 2.40. The van der Waals surface area contributed by atoms with Gasteiger partial charge in [0.1, 0.15) is 18.5 Å². The lowest BCUT2D eigenvalue weighted by Gasteiger charge is -2.43. The van der Waals surface area contributed by atoms with Crippen LogP contribution in [0.15, 0.2) is 73.1 Å². The summed E-state index contributed by atoms with van der Waals surface area (Å²) >= 11 is 0. The Balaban J connectivity index is 1.78. The molecular weight excluding hydrogens is 534 g/mol. The Morgan fingerprint density at radius 3 is 1.98 bits per heavy atom. The molecule has 12 heteroatoms. The van der Waals surface area contributed by atoms with E-state index < -0.39 is 55.7 Å². The van der Waals surface area contributed by atoms with E-state index in [4.69, 9.17) is 18.6 Å². The summed E-state index contributed by atoms with van der Waals surface area (Å²) in [5, 5.41) is 13.4. The summed E-state index contributed by atoms with van der Waals surface area (Å²) in [4.78, 5) is 39.0. The number of carbonyl (C=O) groups is 2. The summed E-state index contributed by atoms with van der Waals surface area (Å²) < 4.78 is 25.6. The minimum atomic E-state index is -3.01. The van der Waals surface area contributed by atoms with Crippen molar-refractivity contribution < 1.29 is 33.1 Å². The molecule has 1 aliphatic heterocycles. The van der Waals surface area contributed by atoms with Gasteiger partial charge in [-0.15, -0.1) is 0 Å². The lowest BCUT2D eigenvalue weighted by molar-refractivity contribution is -0.398. The van der Waals surface area contributed by atoms with E-state index in [1.165, 1.54) is 26.2 Å². The quantitative estimate of drug-likeness (QED) is 0.166. The molecule has 3 aromatic rings. The molecule has 1 saturated heterocycles. The van der Waals surface area contributed by atoms with Gasteiger partial charge in [0.15, 0.2) is 12.2 Å². The second-order valence-corrected chi connectivity index (χ2v) is 14.9. The second-order valence-electron chi connectivity index (χ2n) is 10.6. The number of ether oxygens (including phenoxy) is 3. The van der Waals surface area contributed by atoms with Crippen molar-refractivity contribution in [2.45, 2.75) is 64.2 Å². The molecule has 4 atom stereocenters. The SMILES string of the molecule is CC(=O)O[C@H]1[C@H](OC(C)=O)[C@@H](CO[Si](c2ccccc2)(c2ccccc2)C(C)(C)C)O[C@H]1n1ccnc1[N+](=O)[O-]. The number of nitrogens with zero attached hydrogens (tertiary/aromatic N) is 3. The molecule has 0 aliphatic carbocycles. The molecular formula is C28H33N3O8Si. The van der Waals surface area contributed by atoms with Crippen LogP contribution in [-0.4, -0.2) is 59.6 Å². The van der Waals surface area contributed by atoms with Crippen molar-refractivity contribution in [1.82, 2.24) is 9.55 Å². The number of nitro groups is 1. The lowest BCUT2D eigenvalue weighted by atomic mass is 10.1. The minimum absolute atomic E-state index is 0.0397. The van der Waals surface area contributed by atoms with Crippen LogP contribution in [0.2, 0.25) is 5.04 Å². The van der Waals surface area contributed by atoms with Gasteiger partial charge in [0.05, 0.1) is 6.61 Å². The largest absolute Gasteiger partial charge is 0.455 e. The normalized spacial score (nSPS) is 21.1. The molecule has 1 aliphatic rings. The Kier molecular flexibility index (Phi) is 8.52. The van der Waals surface area contributed by atoms with Crippen molar-refractivity contribution in [3.8, 4) is 0 Å². The lowest BCUT2D eigenvalue weighted by Crippen LogP contribution is -2.67. The predicted molar refractivity (Wildman–Crippen MR) is 147 cm³/mol. The predicted octanol–water partition coefficient (Wildman–Crippen LogP) is 3.13. The third-order valence-electron chi connectivity index (χ3n) is 6.86. The van der Waals surface area contributed by atoms with Crippen LogP contribution < -0.4 is 10.4 Å². The van der Waals surface area contributed by atoms with E-state index in [1.54, 1.807) is 0 Å². The van der Waals surface area contributed by atoms with E-state index >= 15 is 0 Å². The van der Waals surface area contributed by atoms with Gasteiger partial charge < -0.3 is 28.8 Å². The zero-order valence-electron chi connectivity index (χ0n) is 23.1. The highest BCUT2D eigenvalue weighted by Gasteiger charge is 2.55. The average Bonchev–Trinajstić information content (AvgIpc) is 3.50. The molecule has 2 aromatic carbocycles. The monoisotopic (exact) mass is 567 g/mol. The van der Waals surface area contributed by atoms with Crippen molar-refractivity contribution in [3.05, 3.63) is 83.2 Å². The molecule has 0 amide bonds. The Labute approximate surface area is 233 Å². The first kappa shape index (κ1) is 29.1. The fourth-order valence-corrected chi connectivity index (χ4v) is 9.90. The molecule has 0 saturated carbocycles. The third kappa shape index (κ3) is 5.69. The van der Waals surface area contributed by atoms with E-state index in [9.17, 15) is 19.7 Å². The van der Waals surface area contributed by atoms with Crippen molar-refractivity contribution in [1.29, 1.82) is 0 Å². The van der Waals surface area contributed by atoms with Gasteiger partial charge in [-0.1, -0.05) is 86.4 Å². The number of aromatic nitrogens is 2. The van der Waals surface area contributed by atoms with Crippen molar-refractivity contribution >= 4 is 36.6 Å². The van der Waals surface area contributed by atoms with Gasteiger partial charge in [-0.05, 0) is 20.3 Å². The van der Waals surface area contributed by atoms with Crippen LogP contribution in [0.25, 0.3) is 0 Å². The summed E-state index contributed by atoms with van der Waals surface area (Å²) in [6, 6.07) is 19.9. The van der Waals surface area contributed by atoms with Crippen LogP contribution in [0.5, 0.6) is 0 Å². The first-order chi connectivity index (χ1) is 19.0. The number of hydrogen-bond donors (Lipinski definition) is 0. The minimum Gasteiger partial charge on any atom is -0.455 e. The van der Waals surface area contributed by atoms with Gasteiger partial charge in [-0.25, -0.2) is 0 Å². The van der Waals surface area contributed by atoms with Crippen LogP contribution in [0.1, 0.15) is 40.8 Å². The number of carbonyl (C=O) groups excluding carboxylic acids is 2. The maximum Gasteiger partial charge on any atom is 0.436 e. The molecule has 0 bridgehead atoms. The van der Waals surface area contributed by atoms with Crippen LogP contribution in [0, 0.1) is 10.1 Å². The van der Waals surface area contributed by atoms with Gasteiger partial charge >= 0.3 is 17.9 Å². The number of esters is 2. The van der Waals surface area contributed by atoms with Gasteiger partial charge in [-0.3, -0.25) is 9.59 Å². The first-order valence-corrected chi connectivity index (χ1v) is 14.8. The maximum absolute atomic E-state index is 12.2. The molecule has 2 heterocycles. The van der Waals surface area contributed by atoms with Crippen LogP contribution in [-0.2, 0) is 28.2 Å². The zero-order chi connectivity index (χ0) is 29.1. The molecule has 0 spiro atoms. The summed E-state index contributed by atoms with van der Waals surface area (Å²) in [5.74, 6) is -1.79. The molecule has 0 radical (unpaired) electrons. The number of benzene rings is 2. The van der Waals surface area contributed by atoms with E-state index in [-0.39, 0.29) is 11.6 Å². The van der Waals surface area contributed by atoms with Crippen LogP contribution in [0.4, 0.5) is 5.95 Å². The van der Waals surface area contributed by atoms with Crippen molar-refractivity contribution in [2.75, 3.05) is 6.61 Å². The summed E-state index contributed by atoms with van der Waals surface area (Å²) in [6.07, 6.45) is -1.76. The van der Waals surface area contributed by atoms with Gasteiger partial charge in [0.25, 0.3) is 8.32 Å². The van der Waals surface area contributed by atoms with E-state index in [0.29, 0.717) is 0 Å². The fraction of sp³-hybridized carbons (Fsp3) is 0.393. The van der Waals surface area contributed by atoms with Crippen LogP contribution >= 0.6 is 0 Å². The standard InChI is InChI=1S/C28H33N3O8Si/c1-19(32)37-24-23(39-26(25(24)38-20(2)33)30-17-16-29-27(30)31(34)35)18-36-40(28(3,4)5,21-12-8-6-9-13-21)22-14-10-7-11-15-22/h6-17,23-26H,18H2,1-5H3/t23-,24-,25+,26-/m1/s1. The molecule has 212 valence electrons. The highest BCUT2D eigenvalue weighted by atomic mass is 28.4. The number of hydrogen-bond acceptors (Lipinski definition) is 9. The molecule has 11 nitrogen and oxygen atoms in total. The Morgan fingerprint density at radius 2 is 1.50 bits per heavy atom. The number of rotatable bonds is 9. The fourth-order valence-electron chi connectivity index (χ4n) is 5.33. The summed E-state index contributed by atoms with van der Waals surface area (Å²) in [7, 11) is -3.01. The summed E-state index contributed by atoms with van der Waals surface area (Å²) in [6.45, 7) is 8.77. The average molecular weight is 568 g/mol. The molecule has 0 N–H and O–H groups in total. The van der Waals surface area contributed by atoms with Gasteiger partial charge in [0.2, 0.25) is 6.23 Å². The summed E-state index contributed by atoms with van der Waals surface area (Å²) in [5.41, 5.74) is 0. The Morgan fingerprint density at radius 1 is 0.975 bits per heavy atom. The van der Waals surface area contributed by atoms with E-state index in [2.05, 4.69) is 25.8 Å². The molecule has 1 aromatic heterocycles. The Bertz CT molecular complexity index is 1300. The Hall–Kier alpha value is -3.87. The van der Waals surface area contributed by atoms with Gasteiger partial charge in [0, 0.05) is 13.8 Å². The van der Waals surface area contributed by atoms with E-state index in [0.717, 1.165) is 14.9 Å². The van der Waals surface area contributed by atoms with Crippen molar-refractivity contribution in [3.63, 3.8) is 0 Å². The molecule has 0 unspecified atom stereocenters. The topological polar surface area (TPSA) is 132 Å². The molecule has 4 rings (SSSR count). The second kappa shape index (κ2) is 11.7. The first-order valence-electron chi connectivity index (χ1n) is 12.9. The highest BCUT2D eigenvalue weighted by molar-refractivity contribution is 6.99. The maximum atomic E-state index is 12.2. The van der Waals surface area contributed by atoms with E-state index in [1.807, 2.05) is 60.7 Å². The third-order valence-corrected chi connectivity index (χ3v) is 11.9. The zero-order valence-corrected chi connectivity index (χ0v) is 24.1. The van der Waals surface area contributed by atoms with Crippen molar-refractivity contribution in [2.24, 2.45) is 0 Å². The molecule has 1 fully saturated rings.